The van der Waals surface area contributed by atoms with Gasteiger partial charge in [-0.15, -0.1) is 13.2 Å². The van der Waals surface area contributed by atoms with Crippen molar-refractivity contribution in [1.82, 2.24) is 0 Å². The summed E-state index contributed by atoms with van der Waals surface area (Å²) in [5.41, 5.74) is 3.98. The molecule has 0 atom stereocenters. The lowest BCUT2D eigenvalue weighted by Crippen LogP contribution is -2.56. The molecule has 0 N–H and O–H groups in total. The standard InChI is InChI=1S/C19H22O3Si/c1-6-23(7-2,16-11-9-8-10-12-16)19-17(21-4)13-15(20-3)14-18(19)22-5/h6-14H,1-2H2,3-5H3. The van der Waals surface area contributed by atoms with Crippen molar-refractivity contribution in [2.24, 2.45) is 0 Å². The molecule has 0 bridgehead atoms. The van der Waals surface area contributed by atoms with E-state index < -0.39 is 8.07 Å². The fraction of sp³-hybridized carbons (Fsp3) is 0.158. The van der Waals surface area contributed by atoms with Crippen molar-refractivity contribution in [3.05, 3.63) is 67.0 Å². The van der Waals surface area contributed by atoms with Crippen LogP contribution >= 0.6 is 0 Å². The molecular formula is C19H22O3Si. The van der Waals surface area contributed by atoms with Crippen LogP contribution in [0, 0.1) is 0 Å². The van der Waals surface area contributed by atoms with Crippen molar-refractivity contribution in [2.75, 3.05) is 21.3 Å². The van der Waals surface area contributed by atoms with Gasteiger partial charge in [0.1, 0.15) is 17.2 Å². The van der Waals surface area contributed by atoms with Crippen LogP contribution in [0.1, 0.15) is 0 Å². The molecule has 0 aliphatic carbocycles. The smallest absolute Gasteiger partial charge is 0.173 e. The van der Waals surface area contributed by atoms with E-state index in [1.54, 1.807) is 21.3 Å². The first-order valence-corrected chi connectivity index (χ1v) is 9.45. The Morgan fingerprint density at radius 3 is 1.74 bits per heavy atom. The third-order valence-corrected chi connectivity index (χ3v) is 7.92. The number of hydrogen-bond acceptors (Lipinski definition) is 3. The molecule has 23 heavy (non-hydrogen) atoms. The zero-order valence-corrected chi connectivity index (χ0v) is 14.8. The van der Waals surface area contributed by atoms with Gasteiger partial charge in [-0.1, -0.05) is 41.7 Å². The molecule has 0 amide bonds. The van der Waals surface area contributed by atoms with E-state index in [1.165, 1.54) is 5.19 Å². The maximum absolute atomic E-state index is 5.64. The van der Waals surface area contributed by atoms with Crippen molar-refractivity contribution in [3.8, 4) is 17.2 Å². The molecule has 2 aromatic rings. The van der Waals surface area contributed by atoms with Gasteiger partial charge in [0.25, 0.3) is 0 Å². The van der Waals surface area contributed by atoms with Gasteiger partial charge in [-0.3, -0.25) is 0 Å². The molecule has 0 spiro atoms. The summed E-state index contributed by atoms with van der Waals surface area (Å²) in [7, 11) is 2.48. The highest BCUT2D eigenvalue weighted by Crippen LogP contribution is 2.29. The zero-order chi connectivity index (χ0) is 16.9. The van der Waals surface area contributed by atoms with Crippen molar-refractivity contribution in [3.63, 3.8) is 0 Å². The maximum Gasteiger partial charge on any atom is 0.173 e. The molecular weight excluding hydrogens is 304 g/mol. The summed E-state index contributed by atoms with van der Waals surface area (Å²) < 4.78 is 16.6. The van der Waals surface area contributed by atoms with E-state index >= 15 is 0 Å². The second-order valence-corrected chi connectivity index (χ2v) is 8.68. The summed E-state index contributed by atoms with van der Waals surface area (Å²) in [6, 6.07) is 14.0. The van der Waals surface area contributed by atoms with Crippen LogP contribution in [-0.2, 0) is 0 Å². The number of benzene rings is 2. The topological polar surface area (TPSA) is 27.7 Å². The number of hydrogen-bond donors (Lipinski definition) is 0. The van der Waals surface area contributed by atoms with E-state index in [2.05, 4.69) is 25.3 Å². The molecule has 0 aliphatic rings. The normalized spacial score (nSPS) is 10.7. The first-order valence-electron chi connectivity index (χ1n) is 7.30. The van der Waals surface area contributed by atoms with E-state index in [-0.39, 0.29) is 0 Å². The van der Waals surface area contributed by atoms with E-state index in [4.69, 9.17) is 14.2 Å². The van der Waals surface area contributed by atoms with E-state index in [1.807, 2.05) is 41.7 Å². The van der Waals surface area contributed by atoms with Crippen molar-refractivity contribution < 1.29 is 14.2 Å². The Balaban J connectivity index is 2.84. The van der Waals surface area contributed by atoms with E-state index in [9.17, 15) is 0 Å². The largest absolute Gasteiger partial charge is 0.497 e. The van der Waals surface area contributed by atoms with Gasteiger partial charge in [0.2, 0.25) is 0 Å². The highest BCUT2D eigenvalue weighted by atomic mass is 28.3. The fourth-order valence-electron chi connectivity index (χ4n) is 2.79. The summed E-state index contributed by atoms with van der Waals surface area (Å²) in [5, 5.41) is 2.16. The quantitative estimate of drug-likeness (QED) is 0.732. The Bertz CT molecular complexity index is 662. The third-order valence-electron chi connectivity index (χ3n) is 4.02. The summed E-state index contributed by atoms with van der Waals surface area (Å²) in [6.45, 7) is 8.20. The van der Waals surface area contributed by atoms with Crippen LogP contribution in [0.3, 0.4) is 0 Å². The Hall–Kier alpha value is -2.46. The van der Waals surface area contributed by atoms with Crippen LogP contribution < -0.4 is 24.6 Å². The minimum atomic E-state index is -2.44. The molecule has 4 heteroatoms. The van der Waals surface area contributed by atoms with Crippen LogP contribution in [0.5, 0.6) is 17.2 Å². The number of methoxy groups -OCH3 is 3. The van der Waals surface area contributed by atoms with Crippen molar-refractivity contribution in [2.45, 2.75) is 0 Å². The summed E-state index contributed by atoms with van der Waals surface area (Å²) in [6.07, 6.45) is 0. The van der Waals surface area contributed by atoms with Crippen LogP contribution in [0.15, 0.2) is 67.0 Å². The second-order valence-electron chi connectivity index (χ2n) is 5.05. The molecule has 3 nitrogen and oxygen atoms in total. The van der Waals surface area contributed by atoms with Gasteiger partial charge in [-0.2, -0.15) is 0 Å². The fourth-order valence-corrected chi connectivity index (χ4v) is 6.04. The van der Waals surface area contributed by atoms with Gasteiger partial charge < -0.3 is 14.2 Å². The van der Waals surface area contributed by atoms with Crippen molar-refractivity contribution in [1.29, 1.82) is 0 Å². The molecule has 0 saturated carbocycles. The number of rotatable bonds is 7. The van der Waals surface area contributed by atoms with Gasteiger partial charge >= 0.3 is 0 Å². The molecule has 0 heterocycles. The van der Waals surface area contributed by atoms with E-state index in [0.29, 0.717) is 5.75 Å². The van der Waals surface area contributed by atoms with Gasteiger partial charge in [-0.25, -0.2) is 0 Å². The third kappa shape index (κ3) is 2.90. The lowest BCUT2D eigenvalue weighted by molar-refractivity contribution is 0.379. The zero-order valence-electron chi connectivity index (χ0n) is 13.8. The predicted octanol–water partition coefficient (Wildman–Crippen LogP) is 2.73. The average molecular weight is 326 g/mol. The molecule has 0 unspecified atom stereocenters. The summed E-state index contributed by atoms with van der Waals surface area (Å²) in [5.74, 6) is 2.12. The van der Waals surface area contributed by atoms with Gasteiger partial charge in [-0.05, 0) is 5.19 Å². The first kappa shape index (κ1) is 16.9. The highest BCUT2D eigenvalue weighted by molar-refractivity contribution is 7.10. The molecule has 0 aliphatic heterocycles. The highest BCUT2D eigenvalue weighted by Gasteiger charge is 2.37. The summed E-state index contributed by atoms with van der Waals surface area (Å²) in [4.78, 5) is 0. The SMILES string of the molecule is C=C[Si](C=C)(c1ccccc1)c1c(OC)cc(OC)cc1OC. The molecule has 0 aromatic heterocycles. The molecule has 0 saturated heterocycles. The Morgan fingerprint density at radius 2 is 1.35 bits per heavy atom. The van der Waals surface area contributed by atoms with Crippen LogP contribution in [0.25, 0.3) is 0 Å². The molecule has 2 rings (SSSR count). The predicted molar refractivity (Wildman–Crippen MR) is 98.0 cm³/mol. The Labute approximate surface area is 138 Å². The van der Waals surface area contributed by atoms with Crippen LogP contribution in [0.4, 0.5) is 0 Å². The molecule has 120 valence electrons. The Kier molecular flexibility index (Phi) is 5.29. The Morgan fingerprint density at radius 1 is 0.826 bits per heavy atom. The summed E-state index contributed by atoms with van der Waals surface area (Å²) >= 11 is 0. The van der Waals surface area contributed by atoms with Crippen LogP contribution in [0.2, 0.25) is 0 Å². The van der Waals surface area contributed by atoms with Crippen molar-refractivity contribution >= 4 is 18.4 Å². The minimum absolute atomic E-state index is 0.687. The van der Waals surface area contributed by atoms with Gasteiger partial charge in [0.05, 0.1) is 21.3 Å². The molecule has 2 aromatic carbocycles. The molecule has 0 fully saturated rings. The first-order chi connectivity index (χ1) is 11.2. The second kappa shape index (κ2) is 7.20. The molecule has 0 radical (unpaired) electrons. The maximum atomic E-state index is 5.64. The van der Waals surface area contributed by atoms with Gasteiger partial charge in [0, 0.05) is 17.3 Å². The van der Waals surface area contributed by atoms with E-state index in [0.717, 1.165) is 16.7 Å². The lowest BCUT2D eigenvalue weighted by atomic mass is 10.3. The average Bonchev–Trinajstić information content (AvgIpc) is 2.63. The van der Waals surface area contributed by atoms with Gasteiger partial charge in [0.15, 0.2) is 8.07 Å². The minimum Gasteiger partial charge on any atom is -0.497 e. The van der Waals surface area contributed by atoms with Crippen LogP contribution in [-0.4, -0.2) is 29.4 Å². The number of ether oxygens (including phenoxy) is 3. The monoisotopic (exact) mass is 326 g/mol. The lowest BCUT2D eigenvalue weighted by Gasteiger charge is -2.29.